The summed E-state index contributed by atoms with van der Waals surface area (Å²) in [5, 5.41) is 18.5. The summed E-state index contributed by atoms with van der Waals surface area (Å²) in [4.78, 5) is 24.9. The van der Waals surface area contributed by atoms with Crippen LogP contribution in [0.2, 0.25) is 0 Å². The average Bonchev–Trinajstić information content (AvgIpc) is 2.65. The number of nitrogens with one attached hydrogen (secondary N) is 1. The van der Waals surface area contributed by atoms with E-state index < -0.39 is 29.6 Å². The van der Waals surface area contributed by atoms with Crippen molar-refractivity contribution in [1.82, 2.24) is 9.55 Å². The lowest BCUT2D eigenvalue weighted by Crippen LogP contribution is -2.31. The SMILES string of the molecule is Cn1cc(C2CC(O)C(CO)O2)c(=O)[nH]c1=O. The zero-order chi connectivity index (χ0) is 12.6. The Hall–Kier alpha value is -1.44. The molecule has 7 nitrogen and oxygen atoms in total. The van der Waals surface area contributed by atoms with Crippen LogP contribution in [-0.4, -0.2) is 38.6 Å². The summed E-state index contributed by atoms with van der Waals surface area (Å²) in [5.41, 5.74) is -0.748. The van der Waals surface area contributed by atoms with Crippen molar-refractivity contribution in [3.8, 4) is 0 Å². The van der Waals surface area contributed by atoms with Crippen molar-refractivity contribution in [2.24, 2.45) is 7.05 Å². The Labute approximate surface area is 96.3 Å². The maximum Gasteiger partial charge on any atom is 0.328 e. The first kappa shape index (κ1) is 12.0. The van der Waals surface area contributed by atoms with Crippen LogP contribution in [0, 0.1) is 0 Å². The normalized spacial score (nSPS) is 28.5. The molecule has 0 radical (unpaired) electrons. The van der Waals surface area contributed by atoms with E-state index in [1.807, 2.05) is 0 Å². The van der Waals surface area contributed by atoms with E-state index in [4.69, 9.17) is 9.84 Å². The number of hydrogen-bond donors (Lipinski definition) is 3. The molecule has 2 heterocycles. The van der Waals surface area contributed by atoms with Crippen LogP contribution in [0.1, 0.15) is 18.1 Å². The van der Waals surface area contributed by atoms with Crippen LogP contribution < -0.4 is 11.2 Å². The summed E-state index contributed by atoms with van der Waals surface area (Å²) in [5.74, 6) is 0. The van der Waals surface area contributed by atoms with E-state index in [1.54, 1.807) is 0 Å². The second-order valence-electron chi connectivity index (χ2n) is 4.10. The van der Waals surface area contributed by atoms with Gasteiger partial charge in [-0.25, -0.2) is 4.79 Å². The van der Waals surface area contributed by atoms with E-state index in [0.29, 0.717) is 0 Å². The van der Waals surface area contributed by atoms with Crippen LogP contribution in [0.25, 0.3) is 0 Å². The predicted octanol–water partition coefficient (Wildman–Crippen LogP) is -1.74. The van der Waals surface area contributed by atoms with Crippen LogP contribution in [0.3, 0.4) is 0 Å². The maximum atomic E-state index is 11.6. The van der Waals surface area contributed by atoms with E-state index in [0.717, 1.165) is 0 Å². The number of H-pyrrole nitrogens is 1. The van der Waals surface area contributed by atoms with Gasteiger partial charge >= 0.3 is 5.69 Å². The Kier molecular flexibility index (Phi) is 3.14. The van der Waals surface area contributed by atoms with Crippen molar-refractivity contribution in [1.29, 1.82) is 0 Å². The van der Waals surface area contributed by atoms with Gasteiger partial charge in [-0.05, 0) is 0 Å². The Balaban J connectivity index is 2.34. The molecular weight excluding hydrogens is 228 g/mol. The average molecular weight is 242 g/mol. The van der Waals surface area contributed by atoms with Gasteiger partial charge in [0, 0.05) is 19.7 Å². The third kappa shape index (κ3) is 2.17. The van der Waals surface area contributed by atoms with E-state index in [1.165, 1.54) is 17.8 Å². The molecule has 1 fully saturated rings. The monoisotopic (exact) mass is 242 g/mol. The summed E-state index contributed by atoms with van der Waals surface area (Å²) < 4.78 is 6.58. The highest BCUT2D eigenvalue weighted by Gasteiger charge is 2.35. The number of hydrogen-bond acceptors (Lipinski definition) is 5. The number of aromatic amines is 1. The van der Waals surface area contributed by atoms with Gasteiger partial charge in [-0.1, -0.05) is 0 Å². The van der Waals surface area contributed by atoms with Gasteiger partial charge in [0.15, 0.2) is 0 Å². The largest absolute Gasteiger partial charge is 0.394 e. The molecule has 1 aromatic rings. The quantitative estimate of drug-likeness (QED) is 0.571. The Morgan fingerprint density at radius 1 is 1.59 bits per heavy atom. The zero-order valence-electron chi connectivity index (χ0n) is 9.29. The molecule has 0 spiro atoms. The third-order valence-electron chi connectivity index (χ3n) is 2.89. The van der Waals surface area contributed by atoms with Gasteiger partial charge in [-0.15, -0.1) is 0 Å². The number of aryl methyl sites for hydroxylation is 1. The van der Waals surface area contributed by atoms with Crippen molar-refractivity contribution < 1.29 is 14.9 Å². The third-order valence-corrected chi connectivity index (χ3v) is 2.89. The minimum Gasteiger partial charge on any atom is -0.394 e. The predicted molar refractivity (Wildman–Crippen MR) is 57.6 cm³/mol. The van der Waals surface area contributed by atoms with Crippen molar-refractivity contribution in [3.63, 3.8) is 0 Å². The topological polar surface area (TPSA) is 105 Å². The van der Waals surface area contributed by atoms with E-state index in [2.05, 4.69) is 4.98 Å². The highest BCUT2D eigenvalue weighted by atomic mass is 16.5. The number of aromatic nitrogens is 2. The van der Waals surface area contributed by atoms with Crippen molar-refractivity contribution in [2.45, 2.75) is 24.7 Å². The molecule has 1 aliphatic heterocycles. The second-order valence-corrected chi connectivity index (χ2v) is 4.10. The number of nitrogens with zero attached hydrogens (tertiary/aromatic N) is 1. The maximum absolute atomic E-state index is 11.6. The summed E-state index contributed by atoms with van der Waals surface area (Å²) in [6.45, 7) is -0.304. The molecule has 2 rings (SSSR count). The van der Waals surface area contributed by atoms with Gasteiger partial charge in [-0.3, -0.25) is 9.78 Å². The van der Waals surface area contributed by atoms with Gasteiger partial charge in [0.1, 0.15) is 6.10 Å². The molecule has 3 unspecified atom stereocenters. The summed E-state index contributed by atoms with van der Waals surface area (Å²) in [7, 11) is 1.51. The van der Waals surface area contributed by atoms with Crippen LogP contribution in [0.15, 0.2) is 15.8 Å². The Bertz CT molecular complexity index is 520. The molecule has 0 amide bonds. The van der Waals surface area contributed by atoms with Gasteiger partial charge in [0.05, 0.1) is 24.4 Å². The highest BCUT2D eigenvalue weighted by Crippen LogP contribution is 2.30. The highest BCUT2D eigenvalue weighted by molar-refractivity contribution is 5.11. The fraction of sp³-hybridized carbons (Fsp3) is 0.600. The molecule has 1 aromatic heterocycles. The van der Waals surface area contributed by atoms with E-state index in [-0.39, 0.29) is 18.6 Å². The van der Waals surface area contributed by atoms with Crippen LogP contribution in [0.4, 0.5) is 0 Å². The fourth-order valence-electron chi connectivity index (χ4n) is 1.91. The number of rotatable bonds is 2. The minimum atomic E-state index is -0.804. The first-order valence-corrected chi connectivity index (χ1v) is 5.27. The minimum absolute atomic E-state index is 0.229. The standard InChI is InChI=1S/C10H14N2O5/c1-12-3-5(9(15)11-10(12)16)7-2-6(14)8(4-13)17-7/h3,6-8,13-14H,2,4H2,1H3,(H,11,15,16). The van der Waals surface area contributed by atoms with Crippen LogP contribution >= 0.6 is 0 Å². The van der Waals surface area contributed by atoms with Gasteiger partial charge < -0.3 is 19.5 Å². The lowest BCUT2D eigenvalue weighted by Gasteiger charge is -2.12. The molecule has 1 saturated heterocycles. The van der Waals surface area contributed by atoms with Crippen LogP contribution in [0.5, 0.6) is 0 Å². The molecule has 0 aliphatic carbocycles. The number of aliphatic hydroxyl groups excluding tert-OH is 2. The molecular formula is C10H14N2O5. The molecule has 94 valence electrons. The smallest absolute Gasteiger partial charge is 0.328 e. The van der Waals surface area contributed by atoms with E-state index in [9.17, 15) is 14.7 Å². The molecule has 0 bridgehead atoms. The summed E-state index contributed by atoms with van der Waals surface area (Å²) >= 11 is 0. The van der Waals surface area contributed by atoms with Crippen LogP contribution in [-0.2, 0) is 11.8 Å². The van der Waals surface area contributed by atoms with Gasteiger partial charge in [0.2, 0.25) is 0 Å². The van der Waals surface area contributed by atoms with Crippen molar-refractivity contribution in [3.05, 3.63) is 32.6 Å². The summed E-state index contributed by atoms with van der Waals surface area (Å²) in [6, 6.07) is 0. The van der Waals surface area contributed by atoms with Gasteiger partial charge in [0.25, 0.3) is 5.56 Å². The van der Waals surface area contributed by atoms with E-state index >= 15 is 0 Å². The number of ether oxygens (including phenoxy) is 1. The lowest BCUT2D eigenvalue weighted by molar-refractivity contribution is -0.0230. The first-order chi connectivity index (χ1) is 8.02. The fourth-order valence-corrected chi connectivity index (χ4v) is 1.91. The van der Waals surface area contributed by atoms with Gasteiger partial charge in [-0.2, -0.15) is 0 Å². The lowest BCUT2D eigenvalue weighted by atomic mass is 10.1. The summed E-state index contributed by atoms with van der Waals surface area (Å²) in [6.07, 6.45) is -0.471. The first-order valence-electron chi connectivity index (χ1n) is 5.27. The molecule has 17 heavy (non-hydrogen) atoms. The molecule has 0 aromatic carbocycles. The van der Waals surface area contributed by atoms with Crippen molar-refractivity contribution >= 4 is 0 Å². The molecule has 0 saturated carbocycles. The molecule has 3 atom stereocenters. The zero-order valence-corrected chi connectivity index (χ0v) is 9.29. The second kappa shape index (κ2) is 4.44. The Morgan fingerprint density at radius 2 is 2.29 bits per heavy atom. The Morgan fingerprint density at radius 3 is 2.88 bits per heavy atom. The molecule has 7 heteroatoms. The van der Waals surface area contributed by atoms with Crippen molar-refractivity contribution in [2.75, 3.05) is 6.61 Å². The number of aliphatic hydroxyl groups is 2. The molecule has 1 aliphatic rings. The molecule has 3 N–H and O–H groups in total.